The average molecular weight is 543 g/mol. The Bertz CT molecular complexity index is 1320. The molecule has 210 valence electrons. The third kappa shape index (κ3) is 4.58. The summed E-state index contributed by atoms with van der Waals surface area (Å²) < 4.78 is 32.5. The summed E-state index contributed by atoms with van der Waals surface area (Å²) in [6, 6.07) is 5.85. The fourth-order valence-corrected chi connectivity index (χ4v) is 5.05. The highest BCUT2D eigenvalue weighted by Crippen LogP contribution is 2.55. The maximum atomic E-state index is 14.1. The number of methoxy groups -OCH3 is 6. The SMILES string of the molecule is CCC(CC)C(=O)C1=C(C(=O)OC)C(O)(c2ccc(OC)c(OC)c2)c2c(cc(OC)c(OC)c2OC)C1=O. The largest absolute Gasteiger partial charge is 0.493 e. The van der Waals surface area contributed by atoms with E-state index in [1.165, 1.54) is 59.8 Å². The van der Waals surface area contributed by atoms with Crippen LogP contribution in [0, 0.1) is 5.92 Å². The lowest BCUT2D eigenvalue weighted by Gasteiger charge is -2.38. The molecule has 2 aromatic rings. The molecule has 39 heavy (non-hydrogen) atoms. The van der Waals surface area contributed by atoms with Crippen LogP contribution in [0.15, 0.2) is 35.4 Å². The molecule has 10 nitrogen and oxygen atoms in total. The third-order valence-electron chi connectivity index (χ3n) is 7.07. The number of ether oxygens (including phenoxy) is 6. The molecule has 0 bridgehead atoms. The molecular formula is C29H34O10. The number of allylic oxidation sites excluding steroid dienone is 1. The number of hydrogen-bond acceptors (Lipinski definition) is 10. The maximum absolute atomic E-state index is 14.1. The van der Waals surface area contributed by atoms with Gasteiger partial charge in [-0.2, -0.15) is 0 Å². The summed E-state index contributed by atoms with van der Waals surface area (Å²) in [5.41, 5.74) is -3.52. The smallest absolute Gasteiger partial charge is 0.338 e. The second-order valence-corrected chi connectivity index (χ2v) is 8.80. The Hall–Kier alpha value is -4.05. The molecular weight excluding hydrogens is 508 g/mol. The van der Waals surface area contributed by atoms with E-state index in [-0.39, 0.29) is 39.7 Å². The van der Waals surface area contributed by atoms with Crippen LogP contribution >= 0.6 is 0 Å². The fourth-order valence-electron chi connectivity index (χ4n) is 5.05. The van der Waals surface area contributed by atoms with Gasteiger partial charge in [0.15, 0.2) is 40.2 Å². The number of carbonyl (C=O) groups excluding carboxylic acids is 3. The number of carbonyl (C=O) groups is 3. The predicted molar refractivity (Wildman–Crippen MR) is 141 cm³/mol. The van der Waals surface area contributed by atoms with Crippen molar-refractivity contribution in [2.24, 2.45) is 5.92 Å². The van der Waals surface area contributed by atoms with Crippen LogP contribution in [-0.2, 0) is 19.9 Å². The molecule has 2 aromatic carbocycles. The van der Waals surface area contributed by atoms with Gasteiger partial charge in [0, 0.05) is 11.5 Å². The van der Waals surface area contributed by atoms with E-state index in [1.54, 1.807) is 0 Å². The molecule has 1 atom stereocenters. The van der Waals surface area contributed by atoms with Gasteiger partial charge in [-0.05, 0) is 36.6 Å². The van der Waals surface area contributed by atoms with Crippen LogP contribution in [0.5, 0.6) is 28.7 Å². The quantitative estimate of drug-likeness (QED) is 0.332. The van der Waals surface area contributed by atoms with Gasteiger partial charge >= 0.3 is 5.97 Å². The Labute approximate surface area is 227 Å². The molecule has 1 aliphatic carbocycles. The molecule has 0 saturated heterocycles. The number of rotatable bonds is 11. The molecule has 0 amide bonds. The molecule has 0 radical (unpaired) electrons. The maximum Gasteiger partial charge on any atom is 0.338 e. The van der Waals surface area contributed by atoms with Crippen molar-refractivity contribution in [1.82, 2.24) is 0 Å². The summed E-state index contributed by atoms with van der Waals surface area (Å²) >= 11 is 0. The molecule has 0 spiro atoms. The minimum Gasteiger partial charge on any atom is -0.493 e. The molecule has 0 saturated carbocycles. The normalized spacial score (nSPS) is 16.5. The first-order valence-corrected chi connectivity index (χ1v) is 12.3. The lowest BCUT2D eigenvalue weighted by Crippen LogP contribution is -2.43. The van der Waals surface area contributed by atoms with Gasteiger partial charge in [-0.1, -0.05) is 19.9 Å². The second-order valence-electron chi connectivity index (χ2n) is 8.80. The number of fused-ring (bicyclic) bond motifs is 1. The second kappa shape index (κ2) is 11.8. The van der Waals surface area contributed by atoms with E-state index in [4.69, 9.17) is 28.4 Å². The monoisotopic (exact) mass is 542 g/mol. The Morgan fingerprint density at radius 2 is 1.41 bits per heavy atom. The van der Waals surface area contributed by atoms with Gasteiger partial charge in [0.05, 0.1) is 59.4 Å². The third-order valence-corrected chi connectivity index (χ3v) is 7.07. The molecule has 10 heteroatoms. The number of hydrogen-bond donors (Lipinski definition) is 1. The molecule has 1 N–H and O–H groups in total. The van der Waals surface area contributed by atoms with E-state index in [9.17, 15) is 19.5 Å². The molecule has 0 aromatic heterocycles. The van der Waals surface area contributed by atoms with E-state index < -0.39 is 40.2 Å². The summed E-state index contributed by atoms with van der Waals surface area (Å²) in [6.07, 6.45) is 0.828. The highest BCUT2D eigenvalue weighted by atomic mass is 16.5. The van der Waals surface area contributed by atoms with Crippen molar-refractivity contribution in [2.45, 2.75) is 32.3 Å². The Kier molecular flexibility index (Phi) is 8.91. The van der Waals surface area contributed by atoms with Crippen LogP contribution in [0.25, 0.3) is 0 Å². The standard InChI is InChI=1S/C29H34O10/c1-9-15(10-2)24(30)21-23(28(32)39-8)29(33,16-11-12-18(34-3)19(13-16)35-4)22-17(25(21)31)14-20(36-5)26(37-6)27(22)38-7/h11-15,33H,9-10H2,1-8H3. The van der Waals surface area contributed by atoms with Crippen LogP contribution in [-0.4, -0.2) is 65.3 Å². The van der Waals surface area contributed by atoms with Crippen LogP contribution in [0.1, 0.15) is 48.2 Å². The highest BCUT2D eigenvalue weighted by molar-refractivity contribution is 6.32. The predicted octanol–water partition coefficient (Wildman–Crippen LogP) is 3.64. The zero-order chi connectivity index (χ0) is 29.1. The van der Waals surface area contributed by atoms with Crippen LogP contribution in [0.2, 0.25) is 0 Å². The van der Waals surface area contributed by atoms with Crippen LogP contribution in [0.3, 0.4) is 0 Å². The Morgan fingerprint density at radius 1 is 0.821 bits per heavy atom. The number of ketones is 2. The fraction of sp³-hybridized carbons (Fsp3) is 0.414. The van der Waals surface area contributed by atoms with Gasteiger partial charge in [-0.3, -0.25) is 9.59 Å². The van der Waals surface area contributed by atoms with Gasteiger partial charge < -0.3 is 33.5 Å². The van der Waals surface area contributed by atoms with Gasteiger partial charge in [-0.15, -0.1) is 0 Å². The zero-order valence-corrected chi connectivity index (χ0v) is 23.4. The van der Waals surface area contributed by atoms with Crippen molar-refractivity contribution in [2.75, 3.05) is 42.7 Å². The average Bonchev–Trinajstić information content (AvgIpc) is 2.96. The van der Waals surface area contributed by atoms with E-state index in [1.807, 2.05) is 13.8 Å². The Morgan fingerprint density at radius 3 is 1.90 bits per heavy atom. The number of Topliss-reactive ketones (excluding diaryl/α,β-unsaturated/α-hetero) is 2. The first-order valence-electron chi connectivity index (χ1n) is 12.3. The van der Waals surface area contributed by atoms with E-state index in [0.717, 1.165) is 7.11 Å². The molecule has 0 fully saturated rings. The molecule has 1 aliphatic rings. The zero-order valence-electron chi connectivity index (χ0n) is 23.4. The van der Waals surface area contributed by atoms with Crippen molar-refractivity contribution in [3.8, 4) is 28.7 Å². The van der Waals surface area contributed by atoms with E-state index in [2.05, 4.69) is 0 Å². The number of esters is 1. The highest BCUT2D eigenvalue weighted by Gasteiger charge is 2.54. The van der Waals surface area contributed by atoms with Gasteiger partial charge in [0.1, 0.15) is 0 Å². The molecule has 3 rings (SSSR count). The van der Waals surface area contributed by atoms with Crippen molar-refractivity contribution >= 4 is 17.5 Å². The summed E-state index contributed by atoms with van der Waals surface area (Å²) in [4.78, 5) is 41.4. The van der Waals surface area contributed by atoms with Crippen molar-refractivity contribution in [3.05, 3.63) is 52.1 Å². The topological polar surface area (TPSA) is 127 Å². The Balaban J connectivity index is 2.64. The van der Waals surface area contributed by atoms with Gasteiger partial charge in [-0.25, -0.2) is 4.79 Å². The summed E-state index contributed by atoms with van der Waals surface area (Å²) in [6.45, 7) is 3.62. The lowest BCUT2D eigenvalue weighted by molar-refractivity contribution is -0.139. The summed E-state index contributed by atoms with van der Waals surface area (Å²) in [5.74, 6) is -2.26. The van der Waals surface area contributed by atoms with Gasteiger partial charge in [0.2, 0.25) is 5.75 Å². The van der Waals surface area contributed by atoms with E-state index >= 15 is 0 Å². The lowest BCUT2D eigenvalue weighted by atomic mass is 9.68. The first kappa shape index (κ1) is 29.5. The minimum atomic E-state index is -2.42. The summed E-state index contributed by atoms with van der Waals surface area (Å²) in [7, 11) is 8.04. The molecule has 0 aliphatic heterocycles. The van der Waals surface area contributed by atoms with Gasteiger partial charge in [0.25, 0.3) is 0 Å². The first-order chi connectivity index (χ1) is 18.6. The number of benzene rings is 2. The minimum absolute atomic E-state index is 0.0621. The molecule has 1 unspecified atom stereocenters. The van der Waals surface area contributed by atoms with Crippen LogP contribution in [0.4, 0.5) is 0 Å². The van der Waals surface area contributed by atoms with E-state index in [0.29, 0.717) is 18.6 Å². The summed E-state index contributed by atoms with van der Waals surface area (Å²) in [5, 5.41) is 12.8. The van der Waals surface area contributed by atoms with Crippen molar-refractivity contribution in [1.29, 1.82) is 0 Å². The number of aliphatic hydroxyl groups is 1. The van der Waals surface area contributed by atoms with Crippen molar-refractivity contribution in [3.63, 3.8) is 0 Å². The van der Waals surface area contributed by atoms with Crippen molar-refractivity contribution < 1.29 is 47.9 Å². The van der Waals surface area contributed by atoms with Crippen LogP contribution < -0.4 is 23.7 Å². The molecule has 0 heterocycles.